The van der Waals surface area contributed by atoms with Crippen LogP contribution in [0.25, 0.3) is 22.0 Å². The summed E-state index contributed by atoms with van der Waals surface area (Å²) < 4.78 is 5.04. The monoisotopic (exact) mass is 323 g/mol. The van der Waals surface area contributed by atoms with Gasteiger partial charge in [-0.1, -0.05) is 29.8 Å². The Hall–Kier alpha value is -2.57. The molecule has 124 valence electrons. The van der Waals surface area contributed by atoms with Crippen molar-refractivity contribution in [2.24, 2.45) is 5.73 Å². The van der Waals surface area contributed by atoms with Crippen molar-refractivity contribution in [2.45, 2.75) is 13.0 Å². The molecule has 0 aliphatic heterocycles. The van der Waals surface area contributed by atoms with E-state index in [1.54, 1.807) is 19.5 Å². The zero-order valence-electron chi connectivity index (χ0n) is 13.9. The molecule has 24 heavy (non-hydrogen) atoms. The maximum Gasteiger partial charge on any atom is 0.223 e. The molecule has 0 radical (unpaired) electrons. The summed E-state index contributed by atoms with van der Waals surface area (Å²) >= 11 is 0. The SMILES string of the molecule is COC[C@H](N)CNc1ncc2cncc(-c3cccc(C)c3)c2n1. The topological polar surface area (TPSA) is 86.0 Å². The number of fused-ring (bicyclic) bond motifs is 1. The van der Waals surface area contributed by atoms with Crippen LogP contribution in [0.1, 0.15) is 5.56 Å². The Bertz CT molecular complexity index is 837. The van der Waals surface area contributed by atoms with E-state index in [1.165, 1.54) is 5.56 Å². The zero-order chi connectivity index (χ0) is 16.9. The number of nitrogens with zero attached hydrogens (tertiary/aromatic N) is 3. The van der Waals surface area contributed by atoms with E-state index in [4.69, 9.17) is 10.5 Å². The number of methoxy groups -OCH3 is 1. The van der Waals surface area contributed by atoms with E-state index < -0.39 is 0 Å². The van der Waals surface area contributed by atoms with E-state index in [-0.39, 0.29) is 6.04 Å². The Labute approximate surface area is 141 Å². The number of pyridine rings is 1. The first kappa shape index (κ1) is 16.3. The van der Waals surface area contributed by atoms with Gasteiger partial charge in [-0.2, -0.15) is 0 Å². The van der Waals surface area contributed by atoms with Crippen LogP contribution in [0.5, 0.6) is 0 Å². The van der Waals surface area contributed by atoms with E-state index in [0.717, 1.165) is 22.0 Å². The first-order valence-corrected chi connectivity index (χ1v) is 7.83. The molecule has 0 unspecified atom stereocenters. The van der Waals surface area contributed by atoms with Crippen LogP contribution in [-0.2, 0) is 4.74 Å². The second-order valence-electron chi connectivity index (χ2n) is 5.78. The maximum absolute atomic E-state index is 5.93. The van der Waals surface area contributed by atoms with E-state index in [9.17, 15) is 0 Å². The largest absolute Gasteiger partial charge is 0.383 e. The minimum atomic E-state index is -0.108. The molecule has 3 N–H and O–H groups in total. The molecule has 0 bridgehead atoms. The molecule has 2 heterocycles. The van der Waals surface area contributed by atoms with Crippen molar-refractivity contribution < 1.29 is 4.74 Å². The van der Waals surface area contributed by atoms with Crippen LogP contribution >= 0.6 is 0 Å². The van der Waals surface area contributed by atoms with Gasteiger partial charge >= 0.3 is 0 Å². The second-order valence-corrected chi connectivity index (χ2v) is 5.78. The smallest absolute Gasteiger partial charge is 0.223 e. The predicted molar refractivity (Wildman–Crippen MR) is 95.8 cm³/mol. The molecule has 0 aliphatic rings. The van der Waals surface area contributed by atoms with E-state index in [0.29, 0.717) is 19.1 Å². The van der Waals surface area contributed by atoms with Crippen molar-refractivity contribution in [2.75, 3.05) is 25.6 Å². The highest BCUT2D eigenvalue weighted by Gasteiger charge is 2.09. The maximum atomic E-state index is 5.93. The number of hydrogen-bond donors (Lipinski definition) is 2. The van der Waals surface area contributed by atoms with Crippen LogP contribution in [-0.4, -0.2) is 41.3 Å². The van der Waals surface area contributed by atoms with E-state index in [2.05, 4.69) is 45.4 Å². The Morgan fingerprint density at radius 1 is 1.25 bits per heavy atom. The average molecular weight is 323 g/mol. The molecule has 6 heteroatoms. The van der Waals surface area contributed by atoms with Crippen LogP contribution in [0.15, 0.2) is 42.9 Å². The highest BCUT2D eigenvalue weighted by atomic mass is 16.5. The number of nitrogens with one attached hydrogen (secondary N) is 1. The number of benzene rings is 1. The van der Waals surface area contributed by atoms with Crippen LogP contribution in [0, 0.1) is 6.92 Å². The summed E-state index contributed by atoms with van der Waals surface area (Å²) in [7, 11) is 1.63. The normalized spacial score (nSPS) is 12.3. The van der Waals surface area contributed by atoms with Crippen LogP contribution in [0.3, 0.4) is 0 Å². The Morgan fingerprint density at radius 2 is 2.12 bits per heavy atom. The van der Waals surface area contributed by atoms with Crippen molar-refractivity contribution in [1.29, 1.82) is 0 Å². The summed E-state index contributed by atoms with van der Waals surface area (Å²) in [4.78, 5) is 13.3. The molecule has 0 aliphatic carbocycles. The van der Waals surface area contributed by atoms with Crippen molar-refractivity contribution in [1.82, 2.24) is 15.0 Å². The van der Waals surface area contributed by atoms with Gasteiger partial charge in [0.05, 0.1) is 12.1 Å². The number of nitrogens with two attached hydrogens (primary N) is 1. The highest BCUT2D eigenvalue weighted by molar-refractivity contribution is 5.92. The molecule has 2 aromatic heterocycles. The third-order valence-electron chi connectivity index (χ3n) is 3.72. The predicted octanol–water partition coefficient (Wildman–Crippen LogP) is 2.39. The molecule has 0 amide bonds. The lowest BCUT2D eigenvalue weighted by atomic mass is 10.0. The number of anilines is 1. The molecule has 1 aromatic carbocycles. The fourth-order valence-corrected chi connectivity index (χ4v) is 2.56. The fraction of sp³-hybridized carbons (Fsp3) is 0.278. The van der Waals surface area contributed by atoms with Crippen molar-refractivity contribution in [3.05, 3.63) is 48.4 Å². The number of rotatable bonds is 6. The number of aryl methyl sites for hydroxylation is 1. The quantitative estimate of drug-likeness (QED) is 0.724. The number of hydrogen-bond acceptors (Lipinski definition) is 6. The van der Waals surface area contributed by atoms with Gasteiger partial charge in [-0.3, -0.25) is 4.98 Å². The van der Waals surface area contributed by atoms with Gasteiger partial charge in [0.2, 0.25) is 5.95 Å². The van der Waals surface area contributed by atoms with Crippen LogP contribution < -0.4 is 11.1 Å². The van der Waals surface area contributed by atoms with Gasteiger partial charge in [0, 0.05) is 49.2 Å². The van der Waals surface area contributed by atoms with Gasteiger partial charge in [0.25, 0.3) is 0 Å². The van der Waals surface area contributed by atoms with Gasteiger partial charge in [-0.25, -0.2) is 9.97 Å². The lowest BCUT2D eigenvalue weighted by molar-refractivity contribution is 0.183. The fourth-order valence-electron chi connectivity index (χ4n) is 2.56. The third kappa shape index (κ3) is 3.67. The highest BCUT2D eigenvalue weighted by Crippen LogP contribution is 2.27. The van der Waals surface area contributed by atoms with Crippen LogP contribution in [0.4, 0.5) is 5.95 Å². The minimum Gasteiger partial charge on any atom is -0.383 e. The van der Waals surface area contributed by atoms with Gasteiger partial charge in [0.15, 0.2) is 0 Å². The van der Waals surface area contributed by atoms with E-state index >= 15 is 0 Å². The molecule has 0 saturated heterocycles. The second kappa shape index (κ2) is 7.33. The molecule has 0 spiro atoms. The summed E-state index contributed by atoms with van der Waals surface area (Å²) in [6.07, 6.45) is 5.39. The van der Waals surface area contributed by atoms with Crippen molar-refractivity contribution in [3.8, 4) is 11.1 Å². The van der Waals surface area contributed by atoms with Crippen molar-refractivity contribution in [3.63, 3.8) is 0 Å². The molecular weight excluding hydrogens is 302 g/mol. The Balaban J connectivity index is 1.94. The van der Waals surface area contributed by atoms with E-state index in [1.807, 2.05) is 12.3 Å². The Morgan fingerprint density at radius 3 is 2.92 bits per heavy atom. The minimum absolute atomic E-state index is 0.108. The standard InChI is InChI=1S/C18H21N5O/c1-12-4-3-5-13(6-12)16-10-20-7-14-8-21-18(23-17(14)16)22-9-15(19)11-24-2/h3-8,10,15H,9,11,19H2,1-2H3,(H,21,22,23)/t15-/m1/s1. The molecule has 1 atom stereocenters. The summed E-state index contributed by atoms with van der Waals surface area (Å²) in [5, 5.41) is 4.07. The number of aromatic nitrogens is 3. The summed E-state index contributed by atoms with van der Waals surface area (Å²) in [5.74, 6) is 0.550. The molecule has 0 saturated carbocycles. The molecule has 3 rings (SSSR count). The van der Waals surface area contributed by atoms with Gasteiger partial charge in [-0.15, -0.1) is 0 Å². The van der Waals surface area contributed by atoms with Gasteiger partial charge in [0.1, 0.15) is 0 Å². The lowest BCUT2D eigenvalue weighted by Crippen LogP contribution is -2.33. The molecule has 0 fully saturated rings. The third-order valence-corrected chi connectivity index (χ3v) is 3.72. The molecular formula is C18H21N5O. The summed E-state index contributed by atoms with van der Waals surface area (Å²) in [5.41, 5.74) is 10.1. The molecule has 6 nitrogen and oxygen atoms in total. The summed E-state index contributed by atoms with van der Waals surface area (Å²) in [6.45, 7) is 3.10. The first-order valence-electron chi connectivity index (χ1n) is 7.83. The van der Waals surface area contributed by atoms with Crippen molar-refractivity contribution >= 4 is 16.9 Å². The average Bonchev–Trinajstić information content (AvgIpc) is 2.59. The molecule has 3 aromatic rings. The van der Waals surface area contributed by atoms with Crippen LogP contribution in [0.2, 0.25) is 0 Å². The lowest BCUT2D eigenvalue weighted by Gasteiger charge is -2.12. The Kier molecular flexibility index (Phi) is 4.98. The number of ether oxygens (including phenoxy) is 1. The summed E-state index contributed by atoms with van der Waals surface area (Å²) in [6, 6.07) is 8.19. The van der Waals surface area contributed by atoms with Gasteiger partial charge < -0.3 is 15.8 Å². The van der Waals surface area contributed by atoms with Gasteiger partial charge in [-0.05, 0) is 12.5 Å². The first-order chi connectivity index (χ1) is 11.7. The zero-order valence-corrected chi connectivity index (χ0v) is 13.9.